The van der Waals surface area contributed by atoms with Gasteiger partial charge in [0.15, 0.2) is 0 Å². The molecule has 0 amide bonds. The number of rotatable bonds is 3. The normalized spacial score (nSPS) is 10.6. The van der Waals surface area contributed by atoms with Gasteiger partial charge in [0.05, 0.1) is 11.6 Å². The summed E-state index contributed by atoms with van der Waals surface area (Å²) in [5.41, 5.74) is 1.34. The Morgan fingerprint density at radius 1 is 1.33 bits per heavy atom. The highest BCUT2D eigenvalue weighted by atomic mass is 16.4. The van der Waals surface area contributed by atoms with Crippen molar-refractivity contribution in [3.63, 3.8) is 0 Å². The highest BCUT2D eigenvalue weighted by Gasteiger charge is 1.94. The van der Waals surface area contributed by atoms with Crippen LogP contribution in [0.5, 0.6) is 0 Å². The first-order valence-corrected chi connectivity index (χ1v) is 4.31. The number of hydrogen-bond donors (Lipinski definition) is 1. The van der Waals surface area contributed by atoms with Crippen molar-refractivity contribution >= 4 is 12.0 Å². The molecule has 0 aliphatic rings. The molecule has 3 heteroatoms. The van der Waals surface area contributed by atoms with Crippen LogP contribution in [0.15, 0.2) is 42.5 Å². The van der Waals surface area contributed by atoms with Gasteiger partial charge in [0.1, 0.15) is 0 Å². The zero-order valence-corrected chi connectivity index (χ0v) is 7.92. The summed E-state index contributed by atoms with van der Waals surface area (Å²) in [4.78, 5) is 10.2. The first-order chi connectivity index (χ1) is 7.24. The number of carboxylic acids is 1. The predicted octanol–water partition coefficient (Wildman–Crippen LogP) is 2.21. The van der Waals surface area contributed by atoms with Crippen LogP contribution < -0.4 is 0 Å². The van der Waals surface area contributed by atoms with E-state index < -0.39 is 5.97 Å². The van der Waals surface area contributed by atoms with E-state index >= 15 is 0 Å². The van der Waals surface area contributed by atoms with Crippen LogP contribution in [0.25, 0.3) is 6.08 Å². The van der Waals surface area contributed by atoms with Gasteiger partial charge in [-0.05, 0) is 11.6 Å². The Balaban J connectivity index is 2.81. The van der Waals surface area contributed by atoms with Gasteiger partial charge in [-0.15, -0.1) is 0 Å². The summed E-state index contributed by atoms with van der Waals surface area (Å²) in [6.07, 6.45) is 5.73. The number of carbonyl (C=O) groups is 1. The molecule has 0 aliphatic carbocycles. The third kappa shape index (κ3) is 3.49. The number of carboxylic acid groups (broad SMARTS) is 1. The number of benzene rings is 1. The van der Waals surface area contributed by atoms with E-state index in [-0.39, 0.29) is 0 Å². The summed E-state index contributed by atoms with van der Waals surface area (Å²) in [5.74, 6) is -0.992. The van der Waals surface area contributed by atoms with Crippen LogP contribution in [0.1, 0.15) is 11.1 Å². The fourth-order valence-electron chi connectivity index (χ4n) is 1.04. The topological polar surface area (TPSA) is 61.1 Å². The van der Waals surface area contributed by atoms with E-state index in [1.54, 1.807) is 30.4 Å². The van der Waals surface area contributed by atoms with Crippen LogP contribution in [0.3, 0.4) is 0 Å². The molecular weight excluding hydrogens is 190 g/mol. The lowest BCUT2D eigenvalue weighted by Crippen LogP contribution is -1.84. The molecule has 1 rings (SSSR count). The van der Waals surface area contributed by atoms with Crippen molar-refractivity contribution in [1.82, 2.24) is 0 Å². The minimum Gasteiger partial charge on any atom is -0.478 e. The lowest BCUT2D eigenvalue weighted by molar-refractivity contribution is -0.131. The maximum Gasteiger partial charge on any atom is 0.328 e. The summed E-state index contributed by atoms with van der Waals surface area (Å²) < 4.78 is 0. The number of nitrogens with zero attached hydrogens (tertiary/aromatic N) is 1. The highest BCUT2D eigenvalue weighted by molar-refractivity contribution is 5.80. The van der Waals surface area contributed by atoms with Crippen molar-refractivity contribution in [3.05, 3.63) is 53.6 Å². The predicted molar refractivity (Wildman–Crippen MR) is 57.0 cm³/mol. The Morgan fingerprint density at radius 3 is 2.73 bits per heavy atom. The van der Waals surface area contributed by atoms with Gasteiger partial charge in [0.25, 0.3) is 0 Å². The molecule has 0 heterocycles. The minimum atomic E-state index is -0.992. The highest BCUT2D eigenvalue weighted by Crippen LogP contribution is 2.08. The van der Waals surface area contributed by atoms with E-state index in [4.69, 9.17) is 10.4 Å². The van der Waals surface area contributed by atoms with Crippen LogP contribution in [0.2, 0.25) is 0 Å². The van der Waals surface area contributed by atoms with Gasteiger partial charge >= 0.3 is 5.97 Å². The Kier molecular flexibility index (Phi) is 3.87. The standard InChI is InChI=1S/C12H9NO2/c13-9-11-7-2-1-5-10(11)6-3-4-8-12(14)15/h1-8H,(H,14,15)/b6-3+,8-4+. The summed E-state index contributed by atoms with van der Waals surface area (Å²) in [6.45, 7) is 0. The first-order valence-electron chi connectivity index (χ1n) is 4.31. The average molecular weight is 199 g/mol. The maximum atomic E-state index is 10.2. The molecule has 0 fully saturated rings. The third-order valence-electron chi connectivity index (χ3n) is 1.71. The van der Waals surface area contributed by atoms with Crippen LogP contribution in [0.4, 0.5) is 0 Å². The summed E-state index contributed by atoms with van der Waals surface area (Å²) in [6, 6.07) is 9.16. The lowest BCUT2D eigenvalue weighted by Gasteiger charge is -1.94. The van der Waals surface area contributed by atoms with E-state index in [9.17, 15) is 4.79 Å². The van der Waals surface area contributed by atoms with Gasteiger partial charge in [-0.3, -0.25) is 0 Å². The SMILES string of the molecule is N#Cc1ccccc1/C=C/C=C/C(=O)O. The molecule has 0 spiro atoms. The monoisotopic (exact) mass is 199 g/mol. The van der Waals surface area contributed by atoms with Crippen LogP contribution in [-0.4, -0.2) is 11.1 Å². The van der Waals surface area contributed by atoms with E-state index in [2.05, 4.69) is 6.07 Å². The molecule has 0 unspecified atom stereocenters. The Morgan fingerprint density at radius 2 is 2.07 bits per heavy atom. The van der Waals surface area contributed by atoms with Gasteiger partial charge in [-0.1, -0.05) is 36.4 Å². The minimum absolute atomic E-state index is 0.567. The fourth-order valence-corrected chi connectivity index (χ4v) is 1.04. The van der Waals surface area contributed by atoms with Gasteiger partial charge in [-0.25, -0.2) is 4.79 Å². The van der Waals surface area contributed by atoms with Crippen molar-refractivity contribution in [2.75, 3.05) is 0 Å². The molecule has 74 valence electrons. The van der Waals surface area contributed by atoms with E-state index in [1.807, 2.05) is 6.07 Å². The van der Waals surface area contributed by atoms with Crippen molar-refractivity contribution in [2.24, 2.45) is 0 Å². The molecule has 0 aromatic heterocycles. The smallest absolute Gasteiger partial charge is 0.328 e. The molecule has 0 saturated carbocycles. The number of allylic oxidation sites excluding steroid dienone is 2. The average Bonchev–Trinajstić information content (AvgIpc) is 2.24. The van der Waals surface area contributed by atoms with E-state index in [0.29, 0.717) is 5.56 Å². The maximum absolute atomic E-state index is 10.2. The van der Waals surface area contributed by atoms with Crippen LogP contribution in [0, 0.1) is 11.3 Å². The van der Waals surface area contributed by atoms with Crippen molar-refractivity contribution in [3.8, 4) is 6.07 Å². The molecule has 0 bridgehead atoms. The van der Waals surface area contributed by atoms with Crippen molar-refractivity contribution in [1.29, 1.82) is 5.26 Å². The van der Waals surface area contributed by atoms with Crippen molar-refractivity contribution < 1.29 is 9.90 Å². The summed E-state index contributed by atoms with van der Waals surface area (Å²) in [5, 5.41) is 17.1. The lowest BCUT2D eigenvalue weighted by atomic mass is 10.1. The fraction of sp³-hybridized carbons (Fsp3) is 0. The quantitative estimate of drug-likeness (QED) is 0.599. The third-order valence-corrected chi connectivity index (χ3v) is 1.71. The Labute approximate surface area is 87.6 Å². The van der Waals surface area contributed by atoms with Gasteiger partial charge < -0.3 is 5.11 Å². The molecule has 1 aromatic carbocycles. The van der Waals surface area contributed by atoms with Crippen LogP contribution >= 0.6 is 0 Å². The van der Waals surface area contributed by atoms with Gasteiger partial charge in [0.2, 0.25) is 0 Å². The molecule has 3 nitrogen and oxygen atoms in total. The number of hydrogen-bond acceptors (Lipinski definition) is 2. The zero-order chi connectivity index (χ0) is 11.1. The number of nitriles is 1. The molecule has 0 aliphatic heterocycles. The zero-order valence-electron chi connectivity index (χ0n) is 7.92. The molecule has 0 atom stereocenters. The first kappa shape index (κ1) is 10.7. The summed E-state index contributed by atoms with van der Waals surface area (Å²) >= 11 is 0. The molecule has 15 heavy (non-hydrogen) atoms. The second-order valence-electron chi connectivity index (χ2n) is 2.76. The molecule has 0 saturated heterocycles. The molecular formula is C12H9NO2. The van der Waals surface area contributed by atoms with Crippen molar-refractivity contribution in [2.45, 2.75) is 0 Å². The van der Waals surface area contributed by atoms with E-state index in [0.717, 1.165) is 11.6 Å². The molecule has 1 aromatic rings. The van der Waals surface area contributed by atoms with Gasteiger partial charge in [-0.2, -0.15) is 5.26 Å². The summed E-state index contributed by atoms with van der Waals surface area (Å²) in [7, 11) is 0. The Hall–Kier alpha value is -2.34. The molecule has 1 N–H and O–H groups in total. The van der Waals surface area contributed by atoms with Crippen LogP contribution in [-0.2, 0) is 4.79 Å². The van der Waals surface area contributed by atoms with E-state index in [1.165, 1.54) is 6.08 Å². The second-order valence-corrected chi connectivity index (χ2v) is 2.76. The Bertz CT molecular complexity index is 453. The largest absolute Gasteiger partial charge is 0.478 e. The molecule has 0 radical (unpaired) electrons. The second kappa shape index (κ2) is 5.40. The van der Waals surface area contributed by atoms with Gasteiger partial charge in [0, 0.05) is 6.08 Å². The number of aliphatic carboxylic acids is 1.